The summed E-state index contributed by atoms with van der Waals surface area (Å²) in [6.45, 7) is 8.51. The molecule has 4 aliphatic rings. The first-order valence-corrected chi connectivity index (χ1v) is 16.6. The number of nitrogens with one attached hydrogen (secondary N) is 2. The van der Waals surface area contributed by atoms with Crippen LogP contribution in [0.15, 0.2) is 66.0 Å². The summed E-state index contributed by atoms with van der Waals surface area (Å²) in [5, 5.41) is 6.97. The van der Waals surface area contributed by atoms with Crippen LogP contribution >= 0.6 is 0 Å². The van der Waals surface area contributed by atoms with Crippen LogP contribution in [0.1, 0.15) is 99.2 Å². The van der Waals surface area contributed by atoms with E-state index in [0.29, 0.717) is 36.9 Å². The highest BCUT2D eigenvalue weighted by Gasteiger charge is 2.49. The molecule has 2 N–H and O–H groups in total. The van der Waals surface area contributed by atoms with Gasteiger partial charge in [-0.25, -0.2) is 4.39 Å². The van der Waals surface area contributed by atoms with E-state index in [1.165, 1.54) is 50.3 Å². The molecular weight excluding hydrogens is 551 g/mol. The summed E-state index contributed by atoms with van der Waals surface area (Å²) in [6.07, 6.45) is 13.8. The van der Waals surface area contributed by atoms with Crippen molar-refractivity contribution in [3.05, 3.63) is 88.5 Å². The second-order valence-electron chi connectivity index (χ2n) is 13.7. The Bertz CT molecular complexity index is 1420. The molecule has 2 saturated heterocycles. The van der Waals surface area contributed by atoms with E-state index in [4.69, 9.17) is 0 Å². The number of halogens is 1. The van der Waals surface area contributed by atoms with Crippen LogP contribution in [0.5, 0.6) is 0 Å². The molecule has 1 saturated carbocycles. The van der Waals surface area contributed by atoms with Crippen LogP contribution in [0.2, 0.25) is 0 Å². The number of likely N-dealkylation sites (tertiary alicyclic amines) is 2. The number of benzene rings is 2. The lowest BCUT2D eigenvalue weighted by atomic mass is 9.70. The number of anilines is 1. The average molecular weight is 599 g/mol. The molecule has 2 heterocycles. The van der Waals surface area contributed by atoms with E-state index < -0.39 is 17.3 Å². The summed E-state index contributed by atoms with van der Waals surface area (Å²) in [5.74, 6) is -0.645. The largest absolute Gasteiger partial charge is 0.382 e. The Morgan fingerprint density at radius 1 is 0.955 bits per heavy atom. The smallest absolute Gasteiger partial charge is 0.257 e. The zero-order valence-electron chi connectivity index (χ0n) is 26.5. The molecule has 7 heteroatoms. The third-order valence-corrected chi connectivity index (χ3v) is 10.2. The van der Waals surface area contributed by atoms with E-state index in [1.807, 2.05) is 19.1 Å². The van der Waals surface area contributed by atoms with Crippen LogP contribution in [-0.4, -0.2) is 47.3 Å². The van der Waals surface area contributed by atoms with Gasteiger partial charge in [-0.3, -0.25) is 9.59 Å². The number of hydrogen-bond donors (Lipinski definition) is 2. The maximum absolute atomic E-state index is 15.1. The van der Waals surface area contributed by atoms with Crippen molar-refractivity contribution in [2.24, 2.45) is 11.3 Å². The zero-order valence-corrected chi connectivity index (χ0v) is 26.5. The second kappa shape index (κ2) is 12.8. The lowest BCUT2D eigenvalue weighted by Crippen LogP contribution is -2.54. The fourth-order valence-electron chi connectivity index (χ4n) is 7.88. The van der Waals surface area contributed by atoms with Crippen LogP contribution in [-0.2, 0) is 4.79 Å². The third kappa shape index (κ3) is 6.15. The van der Waals surface area contributed by atoms with Crippen molar-refractivity contribution in [3.63, 3.8) is 0 Å². The van der Waals surface area contributed by atoms with Crippen LogP contribution in [0.25, 0.3) is 0 Å². The lowest BCUT2D eigenvalue weighted by molar-refractivity contribution is -0.135. The highest BCUT2D eigenvalue weighted by molar-refractivity contribution is 5.97. The number of allylic oxidation sites excluding steroid dienone is 3. The van der Waals surface area contributed by atoms with Gasteiger partial charge in [-0.1, -0.05) is 50.1 Å². The number of carbonyl (C=O) groups excluding carboxylic acids is 2. The van der Waals surface area contributed by atoms with E-state index >= 15 is 4.39 Å². The van der Waals surface area contributed by atoms with Gasteiger partial charge < -0.3 is 20.4 Å². The molecule has 2 aromatic carbocycles. The number of piperidine rings is 1. The van der Waals surface area contributed by atoms with Crippen molar-refractivity contribution in [2.75, 3.05) is 25.0 Å². The van der Waals surface area contributed by atoms with Crippen molar-refractivity contribution in [1.29, 1.82) is 0 Å². The van der Waals surface area contributed by atoms with Crippen LogP contribution in [0.3, 0.4) is 0 Å². The highest BCUT2D eigenvalue weighted by Crippen LogP contribution is 2.47. The number of carbonyl (C=O) groups is 2. The Morgan fingerprint density at radius 2 is 1.68 bits per heavy atom. The van der Waals surface area contributed by atoms with E-state index in [9.17, 15) is 9.59 Å². The Labute approximate surface area is 261 Å². The molecule has 3 fully saturated rings. The average Bonchev–Trinajstić information content (AvgIpc) is 3.72. The molecule has 6 nitrogen and oxygen atoms in total. The third-order valence-electron chi connectivity index (χ3n) is 10.2. The van der Waals surface area contributed by atoms with E-state index in [1.54, 1.807) is 24.0 Å². The summed E-state index contributed by atoms with van der Waals surface area (Å²) >= 11 is 0. The van der Waals surface area contributed by atoms with E-state index in [0.717, 1.165) is 36.5 Å². The number of nitrogens with zero attached hydrogens (tertiary/aromatic N) is 2. The summed E-state index contributed by atoms with van der Waals surface area (Å²) in [4.78, 5) is 32.8. The summed E-state index contributed by atoms with van der Waals surface area (Å²) in [5.41, 5.74) is 3.84. The van der Waals surface area contributed by atoms with Crippen molar-refractivity contribution in [1.82, 2.24) is 15.1 Å². The van der Waals surface area contributed by atoms with Gasteiger partial charge in [0.1, 0.15) is 5.82 Å². The zero-order chi connectivity index (χ0) is 30.8. The fraction of sp³-hybridized carbons (Fsp3) is 0.514. The van der Waals surface area contributed by atoms with Crippen molar-refractivity contribution in [3.8, 4) is 0 Å². The standard InChI is InChI=1S/C37H47FN4O2/c1-25-22-30(24-31(23-25)41-19-6-7-20-41)40-36(44)37(3)18-9-21-42(35(43)33-26(2)10-8-13-32(33)38)34(37)27-14-16-29(17-15-27)39-28-11-4-5-12-28/h8,10,13-17,23-25,28,34,39H,4-7,9,11-12,18-22H2,1-3H3,(H,40,44). The molecule has 3 atom stereocenters. The van der Waals surface area contributed by atoms with Gasteiger partial charge in [0.25, 0.3) is 5.91 Å². The van der Waals surface area contributed by atoms with Crippen LogP contribution in [0, 0.1) is 24.1 Å². The van der Waals surface area contributed by atoms with Crippen molar-refractivity contribution < 1.29 is 14.0 Å². The topological polar surface area (TPSA) is 64.7 Å². The molecule has 3 unspecified atom stereocenters. The van der Waals surface area contributed by atoms with Gasteiger partial charge in [0.15, 0.2) is 0 Å². The van der Waals surface area contributed by atoms with Crippen LogP contribution in [0.4, 0.5) is 10.1 Å². The molecule has 0 aromatic heterocycles. The van der Waals surface area contributed by atoms with Gasteiger partial charge in [0, 0.05) is 42.8 Å². The number of hydrogen-bond acceptors (Lipinski definition) is 4. The first-order valence-electron chi connectivity index (χ1n) is 16.6. The number of amides is 2. The maximum atomic E-state index is 15.1. The maximum Gasteiger partial charge on any atom is 0.257 e. The number of rotatable bonds is 7. The minimum atomic E-state index is -0.910. The molecule has 2 aliphatic carbocycles. The molecule has 2 amide bonds. The van der Waals surface area contributed by atoms with Crippen LogP contribution < -0.4 is 10.6 Å². The number of aryl methyl sites for hydroxylation is 1. The molecular formula is C37H47FN4O2. The van der Waals surface area contributed by atoms with E-state index in [2.05, 4.69) is 46.7 Å². The molecule has 6 rings (SSSR count). The molecule has 2 aliphatic heterocycles. The Balaban J connectivity index is 1.33. The summed E-state index contributed by atoms with van der Waals surface area (Å²) < 4.78 is 15.1. The van der Waals surface area contributed by atoms with Gasteiger partial charge in [-0.15, -0.1) is 0 Å². The molecule has 234 valence electrons. The predicted molar refractivity (Wildman–Crippen MR) is 173 cm³/mol. The van der Waals surface area contributed by atoms with Crippen molar-refractivity contribution in [2.45, 2.75) is 90.6 Å². The highest BCUT2D eigenvalue weighted by atomic mass is 19.1. The molecule has 44 heavy (non-hydrogen) atoms. The molecule has 0 spiro atoms. The quantitative estimate of drug-likeness (QED) is 0.347. The van der Waals surface area contributed by atoms with Gasteiger partial charge in [-0.05, 0) is 100 Å². The van der Waals surface area contributed by atoms with Gasteiger partial charge in [0.2, 0.25) is 5.91 Å². The first-order chi connectivity index (χ1) is 21.2. The van der Waals surface area contributed by atoms with Gasteiger partial charge >= 0.3 is 0 Å². The monoisotopic (exact) mass is 598 g/mol. The van der Waals surface area contributed by atoms with E-state index in [-0.39, 0.29) is 17.4 Å². The van der Waals surface area contributed by atoms with Gasteiger partial charge in [-0.2, -0.15) is 0 Å². The fourth-order valence-corrected chi connectivity index (χ4v) is 7.88. The summed E-state index contributed by atoms with van der Waals surface area (Å²) in [7, 11) is 0. The van der Waals surface area contributed by atoms with Gasteiger partial charge in [0.05, 0.1) is 17.0 Å². The Kier molecular flexibility index (Phi) is 8.84. The molecule has 2 aromatic rings. The van der Waals surface area contributed by atoms with Crippen molar-refractivity contribution >= 4 is 17.5 Å². The first kappa shape index (κ1) is 30.4. The second-order valence-corrected chi connectivity index (χ2v) is 13.7. The molecule has 0 bridgehead atoms. The normalized spacial score (nSPS) is 25.9. The SMILES string of the molecule is Cc1cccc(F)c1C(=O)N1CCCC(C)(C(=O)NC2=CC(N3CCCC3)=CC(C)C2)C1c1ccc(NC2CCCC2)cc1. The Hall–Kier alpha value is -3.61. The summed E-state index contributed by atoms with van der Waals surface area (Å²) in [6, 6.07) is 12.9. The Morgan fingerprint density at radius 3 is 2.39 bits per heavy atom. The minimum Gasteiger partial charge on any atom is -0.382 e. The minimum absolute atomic E-state index is 0.0838. The molecule has 0 radical (unpaired) electrons. The lowest BCUT2D eigenvalue weighted by Gasteiger charge is -2.48. The predicted octanol–water partition coefficient (Wildman–Crippen LogP) is 7.49.